The lowest BCUT2D eigenvalue weighted by molar-refractivity contribution is 0.551. The minimum Gasteiger partial charge on any atom is -0.298 e. The van der Waals surface area contributed by atoms with Gasteiger partial charge in [-0.2, -0.15) is 11.8 Å². The predicted octanol–water partition coefficient (Wildman–Crippen LogP) is 2.11. The lowest BCUT2D eigenvalue weighted by atomic mass is 10.2. The summed E-state index contributed by atoms with van der Waals surface area (Å²) < 4.78 is 1.19. The van der Waals surface area contributed by atoms with Crippen LogP contribution in [0.3, 0.4) is 0 Å². The Morgan fingerprint density at radius 2 is 2.00 bits per heavy atom. The number of nitrogens with zero attached hydrogens (tertiary/aromatic N) is 1. The molecule has 0 bridgehead atoms. The summed E-state index contributed by atoms with van der Waals surface area (Å²) in [5.74, 6) is 1.17. The van der Waals surface area contributed by atoms with Gasteiger partial charge >= 0.3 is 5.69 Å². The highest BCUT2D eigenvalue weighted by molar-refractivity contribution is 7.98. The fourth-order valence-corrected chi connectivity index (χ4v) is 2.24. The van der Waals surface area contributed by atoms with Gasteiger partial charge in [-0.15, -0.1) is 0 Å². The minimum atomic E-state index is -0.424. The smallest absolute Gasteiger partial charge is 0.298 e. The molecule has 0 aliphatic rings. The van der Waals surface area contributed by atoms with E-state index < -0.39 is 5.69 Å². The largest absolute Gasteiger partial charge is 0.329 e. The van der Waals surface area contributed by atoms with Crippen LogP contribution in [-0.4, -0.2) is 21.6 Å². The molecule has 0 saturated heterocycles. The summed E-state index contributed by atoms with van der Waals surface area (Å²) in [4.78, 5) is 25.3. The number of H-pyrrole nitrogens is 1. The molecule has 17 heavy (non-hydrogen) atoms. The van der Waals surface area contributed by atoms with Crippen LogP contribution in [-0.2, 0) is 6.54 Å². The van der Waals surface area contributed by atoms with Crippen molar-refractivity contribution < 1.29 is 0 Å². The van der Waals surface area contributed by atoms with E-state index in [1.165, 1.54) is 22.8 Å². The zero-order chi connectivity index (χ0) is 12.7. The van der Waals surface area contributed by atoms with Gasteiger partial charge in [-0.1, -0.05) is 24.4 Å². The molecule has 0 spiro atoms. The van der Waals surface area contributed by atoms with Crippen molar-refractivity contribution in [2.24, 2.45) is 0 Å². The van der Waals surface area contributed by atoms with Crippen molar-refractivity contribution in [1.29, 1.82) is 0 Å². The molecule has 0 atom stereocenters. The summed E-state index contributed by atoms with van der Waals surface area (Å²) in [6, 6.07) is 1.23. The molecule has 0 unspecified atom stereocenters. The van der Waals surface area contributed by atoms with Crippen molar-refractivity contribution >= 4 is 23.4 Å². The van der Waals surface area contributed by atoms with Crippen molar-refractivity contribution in [2.75, 3.05) is 12.0 Å². The predicted molar refractivity (Wildman–Crippen MR) is 73.2 cm³/mol. The second-order valence-electron chi connectivity index (χ2n) is 3.82. The zero-order valence-corrected chi connectivity index (χ0v) is 11.4. The molecule has 0 fully saturated rings. The molecule has 1 rings (SSSR count). The van der Waals surface area contributed by atoms with Crippen molar-refractivity contribution in [3.63, 3.8) is 0 Å². The normalized spacial score (nSPS) is 10.7. The number of unbranched alkanes of at least 4 members (excludes halogenated alkanes) is 3. The molecular weight excluding hydrogens is 260 g/mol. The third kappa shape index (κ3) is 5.00. The quantitative estimate of drug-likeness (QED) is 0.613. The topological polar surface area (TPSA) is 54.9 Å². The first-order valence-electron chi connectivity index (χ1n) is 5.63. The lowest BCUT2D eigenvalue weighted by Gasteiger charge is -2.04. The van der Waals surface area contributed by atoms with Gasteiger partial charge in [-0.05, 0) is 24.9 Å². The molecule has 0 aliphatic carbocycles. The van der Waals surface area contributed by atoms with Crippen LogP contribution in [0.25, 0.3) is 0 Å². The van der Waals surface area contributed by atoms with Gasteiger partial charge in [0.05, 0.1) is 0 Å². The number of aromatic nitrogens is 2. The third-order valence-corrected chi connectivity index (χ3v) is 3.37. The van der Waals surface area contributed by atoms with E-state index in [2.05, 4.69) is 11.2 Å². The number of aromatic amines is 1. The van der Waals surface area contributed by atoms with E-state index >= 15 is 0 Å². The van der Waals surface area contributed by atoms with Gasteiger partial charge in [0.2, 0.25) is 0 Å². The number of rotatable bonds is 7. The average Bonchev–Trinajstić information content (AvgIpc) is 2.26. The summed E-state index contributed by atoms with van der Waals surface area (Å²) in [7, 11) is 0. The summed E-state index contributed by atoms with van der Waals surface area (Å²) in [5, 5.41) is 0.0937. The van der Waals surface area contributed by atoms with Gasteiger partial charge in [0.15, 0.2) is 0 Å². The Bertz CT molecular complexity index is 424. The van der Waals surface area contributed by atoms with Gasteiger partial charge in [0.1, 0.15) is 5.15 Å². The monoisotopic (exact) mass is 276 g/mol. The van der Waals surface area contributed by atoms with Crippen molar-refractivity contribution in [3.05, 3.63) is 32.1 Å². The van der Waals surface area contributed by atoms with Crippen molar-refractivity contribution in [3.8, 4) is 0 Å². The second-order valence-corrected chi connectivity index (χ2v) is 5.21. The van der Waals surface area contributed by atoms with Gasteiger partial charge in [0, 0.05) is 12.6 Å². The first-order chi connectivity index (χ1) is 8.15. The van der Waals surface area contributed by atoms with E-state index in [1.807, 2.05) is 11.8 Å². The van der Waals surface area contributed by atoms with Crippen LogP contribution in [0.4, 0.5) is 0 Å². The zero-order valence-electron chi connectivity index (χ0n) is 9.87. The second kappa shape index (κ2) is 7.61. The maximum Gasteiger partial charge on any atom is 0.329 e. The maximum absolute atomic E-state index is 11.5. The highest BCUT2D eigenvalue weighted by Crippen LogP contribution is 2.05. The average molecular weight is 277 g/mol. The number of hydrogen-bond donors (Lipinski definition) is 1. The molecule has 1 aromatic rings. The van der Waals surface area contributed by atoms with Crippen LogP contribution in [0.1, 0.15) is 25.7 Å². The minimum absolute atomic E-state index is 0.0937. The number of nitrogens with one attached hydrogen (secondary N) is 1. The molecule has 1 heterocycles. The van der Waals surface area contributed by atoms with Gasteiger partial charge in [0.25, 0.3) is 5.56 Å². The standard InChI is InChI=1S/C11H17ClN2O2S/c1-17-7-5-3-2-4-6-14-10(15)8-9(12)13-11(14)16/h8H,2-7H2,1H3,(H,13,16). The maximum atomic E-state index is 11.5. The molecule has 0 radical (unpaired) electrons. The highest BCUT2D eigenvalue weighted by Gasteiger charge is 2.02. The molecule has 96 valence electrons. The van der Waals surface area contributed by atoms with Crippen LogP contribution in [0.5, 0.6) is 0 Å². The Morgan fingerprint density at radius 3 is 2.65 bits per heavy atom. The Hall–Kier alpha value is -0.680. The van der Waals surface area contributed by atoms with E-state index in [0.29, 0.717) is 6.54 Å². The summed E-state index contributed by atoms with van der Waals surface area (Å²) in [5.41, 5.74) is -0.755. The van der Waals surface area contributed by atoms with Crippen molar-refractivity contribution in [1.82, 2.24) is 9.55 Å². The molecule has 4 nitrogen and oxygen atoms in total. The Kier molecular flexibility index (Phi) is 6.44. The molecule has 0 aromatic carbocycles. The molecule has 6 heteroatoms. The van der Waals surface area contributed by atoms with Crippen LogP contribution in [0, 0.1) is 0 Å². The molecular formula is C11H17ClN2O2S. The summed E-state index contributed by atoms with van der Waals surface area (Å²) in [6.45, 7) is 0.463. The lowest BCUT2D eigenvalue weighted by Crippen LogP contribution is -2.34. The summed E-state index contributed by atoms with van der Waals surface area (Å²) in [6.07, 6.45) is 6.30. The SMILES string of the molecule is CSCCCCCCn1c(=O)cc(Cl)[nH]c1=O. The molecule has 1 aromatic heterocycles. The molecule has 0 amide bonds. The van der Waals surface area contributed by atoms with Crippen molar-refractivity contribution in [2.45, 2.75) is 32.2 Å². The van der Waals surface area contributed by atoms with Crippen LogP contribution in [0.15, 0.2) is 15.7 Å². The molecule has 0 aliphatic heterocycles. The first kappa shape index (κ1) is 14.4. The molecule has 0 saturated carbocycles. The van der Waals surface area contributed by atoms with E-state index in [9.17, 15) is 9.59 Å². The van der Waals surface area contributed by atoms with Gasteiger partial charge in [-0.3, -0.25) is 14.3 Å². The number of hydrogen-bond acceptors (Lipinski definition) is 3. The van der Waals surface area contributed by atoms with E-state index in [-0.39, 0.29) is 10.7 Å². The number of thioether (sulfide) groups is 1. The Labute approximate surface area is 109 Å². The summed E-state index contributed by atoms with van der Waals surface area (Å²) >= 11 is 7.41. The van der Waals surface area contributed by atoms with Crippen LogP contribution >= 0.6 is 23.4 Å². The van der Waals surface area contributed by atoms with E-state index in [0.717, 1.165) is 19.3 Å². The fraction of sp³-hybridized carbons (Fsp3) is 0.636. The highest BCUT2D eigenvalue weighted by atomic mass is 35.5. The van der Waals surface area contributed by atoms with Crippen LogP contribution in [0.2, 0.25) is 5.15 Å². The van der Waals surface area contributed by atoms with E-state index in [4.69, 9.17) is 11.6 Å². The Morgan fingerprint density at radius 1 is 1.29 bits per heavy atom. The van der Waals surface area contributed by atoms with Gasteiger partial charge in [-0.25, -0.2) is 4.79 Å². The van der Waals surface area contributed by atoms with Gasteiger partial charge < -0.3 is 0 Å². The molecule has 1 N–H and O–H groups in total. The Balaban J connectivity index is 2.42. The fourth-order valence-electron chi connectivity index (χ4n) is 1.57. The van der Waals surface area contributed by atoms with Crippen LogP contribution < -0.4 is 11.2 Å². The number of halogens is 1. The van der Waals surface area contributed by atoms with E-state index in [1.54, 1.807) is 0 Å². The third-order valence-electron chi connectivity index (χ3n) is 2.47. The first-order valence-corrected chi connectivity index (χ1v) is 7.41.